The lowest BCUT2D eigenvalue weighted by atomic mass is 9.74. The highest BCUT2D eigenvalue weighted by molar-refractivity contribution is 5.71. The van der Waals surface area contributed by atoms with Crippen LogP contribution >= 0.6 is 0 Å². The minimum atomic E-state index is -4.68. The van der Waals surface area contributed by atoms with Gasteiger partial charge in [0.2, 0.25) is 0 Å². The van der Waals surface area contributed by atoms with Crippen LogP contribution < -0.4 is 5.32 Å². The van der Waals surface area contributed by atoms with Crippen molar-refractivity contribution >= 4 is 5.97 Å². The van der Waals surface area contributed by atoms with E-state index in [1.165, 1.54) is 0 Å². The smallest absolute Gasteiger partial charge is 0.403 e. The highest BCUT2D eigenvalue weighted by atomic mass is 19.4. The van der Waals surface area contributed by atoms with Gasteiger partial charge in [0.05, 0.1) is 0 Å². The van der Waals surface area contributed by atoms with E-state index < -0.39 is 24.6 Å². The first-order chi connectivity index (χ1) is 7.31. The standard InChI is InChI=1S/C10H16F3NO2/c1-2-9(4-3-5-9)14-6-7(8(15)16)10(11,12)13/h7,14H,2-6H2,1H3,(H,15,16). The molecule has 1 atom stereocenters. The lowest BCUT2D eigenvalue weighted by molar-refractivity contribution is -0.193. The third-order valence-corrected chi connectivity index (χ3v) is 3.36. The number of carboxylic acid groups (broad SMARTS) is 1. The topological polar surface area (TPSA) is 49.3 Å². The van der Waals surface area contributed by atoms with Gasteiger partial charge in [-0.3, -0.25) is 4.79 Å². The number of carboxylic acids is 1. The first kappa shape index (κ1) is 13.3. The second kappa shape index (κ2) is 4.61. The molecule has 0 aromatic heterocycles. The second-order valence-corrected chi connectivity index (χ2v) is 4.30. The van der Waals surface area contributed by atoms with Gasteiger partial charge in [0, 0.05) is 12.1 Å². The lowest BCUT2D eigenvalue weighted by Crippen LogP contribution is -2.54. The Balaban J connectivity index is 2.53. The van der Waals surface area contributed by atoms with Crippen LogP contribution in [0.1, 0.15) is 32.6 Å². The van der Waals surface area contributed by atoms with Crippen LogP contribution in [0.25, 0.3) is 0 Å². The fourth-order valence-corrected chi connectivity index (χ4v) is 1.92. The summed E-state index contributed by atoms with van der Waals surface area (Å²) >= 11 is 0. The van der Waals surface area contributed by atoms with Crippen LogP contribution in [0.5, 0.6) is 0 Å². The molecule has 1 saturated carbocycles. The zero-order valence-electron chi connectivity index (χ0n) is 9.10. The van der Waals surface area contributed by atoms with E-state index in [0.717, 1.165) is 25.7 Å². The fraction of sp³-hybridized carbons (Fsp3) is 0.900. The molecule has 0 heterocycles. The van der Waals surface area contributed by atoms with E-state index in [-0.39, 0.29) is 5.54 Å². The normalized spacial score (nSPS) is 21.2. The average Bonchev–Trinajstić information content (AvgIpc) is 2.06. The van der Waals surface area contributed by atoms with Crippen molar-refractivity contribution < 1.29 is 23.1 Å². The first-order valence-electron chi connectivity index (χ1n) is 5.35. The summed E-state index contributed by atoms with van der Waals surface area (Å²) in [6.07, 6.45) is -1.30. The molecule has 0 spiro atoms. The van der Waals surface area contributed by atoms with Gasteiger partial charge in [0.1, 0.15) is 0 Å². The summed E-state index contributed by atoms with van der Waals surface area (Å²) in [6, 6.07) is 0. The summed E-state index contributed by atoms with van der Waals surface area (Å²) in [6.45, 7) is 1.36. The summed E-state index contributed by atoms with van der Waals surface area (Å²) in [7, 11) is 0. The van der Waals surface area contributed by atoms with Crippen molar-refractivity contribution in [3.63, 3.8) is 0 Å². The molecule has 1 fully saturated rings. The minimum Gasteiger partial charge on any atom is -0.481 e. The van der Waals surface area contributed by atoms with Gasteiger partial charge in [-0.15, -0.1) is 0 Å². The number of halogens is 3. The molecular formula is C10H16F3NO2. The second-order valence-electron chi connectivity index (χ2n) is 4.30. The van der Waals surface area contributed by atoms with Gasteiger partial charge >= 0.3 is 12.1 Å². The van der Waals surface area contributed by atoms with Crippen molar-refractivity contribution in [3.8, 4) is 0 Å². The monoisotopic (exact) mass is 239 g/mol. The molecule has 0 aromatic rings. The summed E-state index contributed by atoms with van der Waals surface area (Å²) in [4.78, 5) is 10.5. The Kier molecular flexibility index (Phi) is 3.83. The van der Waals surface area contributed by atoms with Crippen LogP contribution in [-0.4, -0.2) is 29.3 Å². The van der Waals surface area contributed by atoms with Gasteiger partial charge in [0.15, 0.2) is 5.92 Å². The van der Waals surface area contributed by atoms with E-state index in [1.807, 2.05) is 6.92 Å². The Bertz CT molecular complexity index is 256. The van der Waals surface area contributed by atoms with E-state index >= 15 is 0 Å². The molecule has 0 radical (unpaired) electrons. The SMILES string of the molecule is CCC1(NCC(C(=O)O)C(F)(F)F)CCC1. The van der Waals surface area contributed by atoms with Crippen LogP contribution in [-0.2, 0) is 4.79 Å². The van der Waals surface area contributed by atoms with Crippen molar-refractivity contribution in [3.05, 3.63) is 0 Å². The molecule has 1 rings (SSSR count). The number of hydrogen-bond donors (Lipinski definition) is 2. The molecule has 0 aliphatic heterocycles. The Hall–Kier alpha value is -0.780. The summed E-state index contributed by atoms with van der Waals surface area (Å²) in [5, 5.41) is 11.3. The van der Waals surface area contributed by atoms with Crippen LogP contribution in [0.2, 0.25) is 0 Å². The number of alkyl halides is 3. The molecule has 0 aromatic carbocycles. The first-order valence-corrected chi connectivity index (χ1v) is 5.35. The van der Waals surface area contributed by atoms with Crippen molar-refractivity contribution in [2.75, 3.05) is 6.54 Å². The minimum absolute atomic E-state index is 0.265. The number of aliphatic carboxylic acids is 1. The van der Waals surface area contributed by atoms with E-state index in [1.54, 1.807) is 0 Å². The molecule has 16 heavy (non-hydrogen) atoms. The molecule has 0 bridgehead atoms. The van der Waals surface area contributed by atoms with Crippen molar-refractivity contribution in [2.45, 2.75) is 44.3 Å². The molecule has 3 nitrogen and oxygen atoms in total. The van der Waals surface area contributed by atoms with E-state index in [2.05, 4.69) is 5.32 Å². The van der Waals surface area contributed by atoms with Crippen LogP contribution in [0.3, 0.4) is 0 Å². The highest BCUT2D eigenvalue weighted by Crippen LogP contribution is 2.35. The summed E-state index contributed by atoms with van der Waals surface area (Å²) in [5.41, 5.74) is -0.265. The third kappa shape index (κ3) is 2.87. The van der Waals surface area contributed by atoms with Crippen molar-refractivity contribution in [1.29, 1.82) is 0 Å². The van der Waals surface area contributed by atoms with Gasteiger partial charge in [-0.2, -0.15) is 13.2 Å². The van der Waals surface area contributed by atoms with Crippen LogP contribution in [0, 0.1) is 5.92 Å². The molecule has 1 aliphatic rings. The zero-order valence-corrected chi connectivity index (χ0v) is 9.10. The van der Waals surface area contributed by atoms with Gasteiger partial charge in [-0.25, -0.2) is 0 Å². The maximum atomic E-state index is 12.4. The number of nitrogens with one attached hydrogen (secondary N) is 1. The quantitative estimate of drug-likeness (QED) is 0.773. The molecule has 0 amide bonds. The molecule has 94 valence electrons. The Labute approximate surface area is 92.0 Å². The summed E-state index contributed by atoms with van der Waals surface area (Å²) in [5.74, 6) is -4.12. The van der Waals surface area contributed by atoms with Gasteiger partial charge < -0.3 is 10.4 Å². The Morgan fingerprint density at radius 3 is 2.31 bits per heavy atom. The number of carbonyl (C=O) groups is 1. The van der Waals surface area contributed by atoms with Crippen LogP contribution in [0.15, 0.2) is 0 Å². The molecule has 1 unspecified atom stereocenters. The Morgan fingerprint density at radius 2 is 2.06 bits per heavy atom. The fourth-order valence-electron chi connectivity index (χ4n) is 1.92. The molecule has 0 saturated heterocycles. The molecule has 2 N–H and O–H groups in total. The van der Waals surface area contributed by atoms with Gasteiger partial charge in [-0.1, -0.05) is 6.92 Å². The lowest BCUT2D eigenvalue weighted by Gasteiger charge is -2.43. The summed E-state index contributed by atoms with van der Waals surface area (Å²) < 4.78 is 37.1. The average molecular weight is 239 g/mol. The number of hydrogen-bond acceptors (Lipinski definition) is 2. The largest absolute Gasteiger partial charge is 0.481 e. The van der Waals surface area contributed by atoms with Crippen molar-refractivity contribution in [2.24, 2.45) is 5.92 Å². The zero-order chi connectivity index (χ0) is 12.4. The number of rotatable bonds is 5. The highest BCUT2D eigenvalue weighted by Gasteiger charge is 2.46. The van der Waals surface area contributed by atoms with E-state index in [0.29, 0.717) is 0 Å². The van der Waals surface area contributed by atoms with Gasteiger partial charge in [-0.05, 0) is 25.7 Å². The van der Waals surface area contributed by atoms with E-state index in [9.17, 15) is 18.0 Å². The molecule has 1 aliphatic carbocycles. The maximum Gasteiger partial charge on any atom is 0.403 e. The van der Waals surface area contributed by atoms with Gasteiger partial charge in [0.25, 0.3) is 0 Å². The van der Waals surface area contributed by atoms with Crippen LogP contribution in [0.4, 0.5) is 13.2 Å². The molecule has 6 heteroatoms. The van der Waals surface area contributed by atoms with Crippen molar-refractivity contribution in [1.82, 2.24) is 5.32 Å². The van der Waals surface area contributed by atoms with E-state index in [4.69, 9.17) is 5.11 Å². The Morgan fingerprint density at radius 1 is 1.50 bits per heavy atom. The predicted molar refractivity (Wildman–Crippen MR) is 52.1 cm³/mol. The maximum absolute atomic E-state index is 12.4. The molecular weight excluding hydrogens is 223 g/mol. The predicted octanol–water partition coefficient (Wildman–Crippen LogP) is 2.17. The third-order valence-electron chi connectivity index (χ3n) is 3.36.